The number of halogens is 1. The predicted molar refractivity (Wildman–Crippen MR) is 90.8 cm³/mol. The van der Waals surface area contributed by atoms with Crippen molar-refractivity contribution in [3.8, 4) is 0 Å². The van der Waals surface area contributed by atoms with Crippen molar-refractivity contribution in [2.75, 3.05) is 32.7 Å². The highest BCUT2D eigenvalue weighted by Gasteiger charge is 2.22. The van der Waals surface area contributed by atoms with Gasteiger partial charge in [-0.15, -0.1) is 12.4 Å². The molecule has 6 nitrogen and oxygen atoms in total. The maximum absolute atomic E-state index is 12.1. The molecule has 2 N–H and O–H groups in total. The number of carbonyl (C=O) groups excluding carboxylic acids is 2. The molecule has 0 unspecified atom stereocenters. The Labute approximate surface area is 143 Å². The van der Waals surface area contributed by atoms with Crippen LogP contribution in [-0.4, -0.2) is 49.4 Å². The largest absolute Gasteiger partial charge is 0.459 e. The summed E-state index contributed by atoms with van der Waals surface area (Å²) >= 11 is 0. The van der Waals surface area contributed by atoms with Crippen LogP contribution >= 0.6 is 12.4 Å². The van der Waals surface area contributed by atoms with Gasteiger partial charge in [-0.25, -0.2) is 0 Å². The SMILES string of the molecule is CCNCC1CCN(C(=O)CCNC(=O)c2ccco2)CC1.Cl. The fourth-order valence-electron chi connectivity index (χ4n) is 2.67. The second-order valence-corrected chi connectivity index (χ2v) is 5.62. The number of hydrogen-bond donors (Lipinski definition) is 2. The Morgan fingerprint density at radius 2 is 2.09 bits per heavy atom. The number of likely N-dealkylation sites (tertiary alicyclic amines) is 1. The molecule has 130 valence electrons. The first-order chi connectivity index (χ1) is 10.7. The summed E-state index contributed by atoms with van der Waals surface area (Å²) in [5, 5.41) is 6.06. The van der Waals surface area contributed by atoms with Gasteiger partial charge in [0.25, 0.3) is 5.91 Å². The van der Waals surface area contributed by atoms with E-state index >= 15 is 0 Å². The molecule has 0 radical (unpaired) electrons. The lowest BCUT2D eigenvalue weighted by Gasteiger charge is -2.32. The normalized spacial score (nSPS) is 15.1. The summed E-state index contributed by atoms with van der Waals surface area (Å²) in [6.07, 6.45) is 3.90. The highest BCUT2D eigenvalue weighted by atomic mass is 35.5. The summed E-state index contributed by atoms with van der Waals surface area (Å²) in [7, 11) is 0. The smallest absolute Gasteiger partial charge is 0.286 e. The second kappa shape index (κ2) is 10.3. The Morgan fingerprint density at radius 3 is 2.70 bits per heavy atom. The van der Waals surface area contributed by atoms with E-state index in [1.807, 2.05) is 4.90 Å². The van der Waals surface area contributed by atoms with Gasteiger partial charge in [0.2, 0.25) is 5.91 Å². The molecule has 1 fully saturated rings. The van der Waals surface area contributed by atoms with Crippen molar-refractivity contribution in [2.24, 2.45) is 5.92 Å². The average molecular weight is 344 g/mol. The predicted octanol–water partition coefficient (Wildman–Crippen LogP) is 1.67. The minimum Gasteiger partial charge on any atom is -0.459 e. The molecule has 1 aromatic heterocycles. The Balaban J connectivity index is 0.00000264. The summed E-state index contributed by atoms with van der Waals surface area (Å²) in [6.45, 7) is 6.12. The van der Waals surface area contributed by atoms with Crippen LogP contribution < -0.4 is 10.6 Å². The van der Waals surface area contributed by atoms with Crippen molar-refractivity contribution in [1.82, 2.24) is 15.5 Å². The third-order valence-corrected chi connectivity index (χ3v) is 4.02. The monoisotopic (exact) mass is 343 g/mol. The lowest BCUT2D eigenvalue weighted by Crippen LogP contribution is -2.41. The molecule has 0 spiro atoms. The zero-order valence-electron chi connectivity index (χ0n) is 13.5. The lowest BCUT2D eigenvalue weighted by atomic mass is 9.96. The molecule has 0 saturated carbocycles. The Morgan fingerprint density at radius 1 is 1.35 bits per heavy atom. The van der Waals surface area contributed by atoms with Crippen LogP contribution in [0.25, 0.3) is 0 Å². The standard InChI is InChI=1S/C16H25N3O3.ClH/c1-2-17-12-13-6-9-19(10-7-13)15(20)5-8-18-16(21)14-4-3-11-22-14;/h3-4,11,13,17H,2,5-10,12H2,1H3,(H,18,21);1H. The van der Waals surface area contributed by atoms with E-state index in [1.165, 1.54) is 6.26 Å². The van der Waals surface area contributed by atoms with Gasteiger partial charge in [0.05, 0.1) is 6.26 Å². The highest BCUT2D eigenvalue weighted by Crippen LogP contribution is 2.16. The van der Waals surface area contributed by atoms with E-state index in [4.69, 9.17) is 4.42 Å². The molecular weight excluding hydrogens is 318 g/mol. The van der Waals surface area contributed by atoms with Crippen molar-refractivity contribution < 1.29 is 14.0 Å². The summed E-state index contributed by atoms with van der Waals surface area (Å²) in [6, 6.07) is 3.27. The van der Waals surface area contributed by atoms with Crippen molar-refractivity contribution in [2.45, 2.75) is 26.2 Å². The van der Waals surface area contributed by atoms with E-state index < -0.39 is 0 Å². The Kier molecular flexibility index (Phi) is 8.73. The zero-order chi connectivity index (χ0) is 15.8. The highest BCUT2D eigenvalue weighted by molar-refractivity contribution is 5.91. The van der Waals surface area contributed by atoms with Crippen LogP contribution in [0.15, 0.2) is 22.8 Å². The minimum absolute atomic E-state index is 0. The molecule has 0 aromatic carbocycles. The third-order valence-electron chi connectivity index (χ3n) is 4.02. The summed E-state index contributed by atoms with van der Waals surface area (Å²) in [5.41, 5.74) is 0. The Hall–Kier alpha value is -1.53. The minimum atomic E-state index is -0.276. The van der Waals surface area contributed by atoms with Crippen LogP contribution in [0.2, 0.25) is 0 Å². The Bertz CT molecular complexity index is 471. The van der Waals surface area contributed by atoms with E-state index in [1.54, 1.807) is 12.1 Å². The number of amides is 2. The van der Waals surface area contributed by atoms with Crippen LogP contribution in [0, 0.1) is 5.92 Å². The topological polar surface area (TPSA) is 74.6 Å². The van der Waals surface area contributed by atoms with Crippen molar-refractivity contribution in [1.29, 1.82) is 0 Å². The van der Waals surface area contributed by atoms with Crippen LogP contribution in [0.5, 0.6) is 0 Å². The zero-order valence-corrected chi connectivity index (χ0v) is 14.4. The average Bonchev–Trinajstić information content (AvgIpc) is 3.07. The van der Waals surface area contributed by atoms with Gasteiger partial charge >= 0.3 is 0 Å². The molecule has 0 aliphatic carbocycles. The van der Waals surface area contributed by atoms with E-state index in [2.05, 4.69) is 17.6 Å². The molecule has 1 saturated heterocycles. The van der Waals surface area contributed by atoms with Gasteiger partial charge in [0.15, 0.2) is 5.76 Å². The summed E-state index contributed by atoms with van der Waals surface area (Å²) in [5.74, 6) is 0.781. The van der Waals surface area contributed by atoms with Crippen LogP contribution in [0.4, 0.5) is 0 Å². The number of piperidine rings is 1. The molecule has 1 aromatic rings. The molecule has 0 atom stereocenters. The number of nitrogens with zero attached hydrogens (tertiary/aromatic N) is 1. The fraction of sp³-hybridized carbons (Fsp3) is 0.625. The van der Waals surface area contributed by atoms with E-state index in [0.717, 1.165) is 39.0 Å². The second-order valence-electron chi connectivity index (χ2n) is 5.62. The van der Waals surface area contributed by atoms with Gasteiger partial charge in [0, 0.05) is 26.1 Å². The fourth-order valence-corrected chi connectivity index (χ4v) is 2.67. The molecular formula is C16H26ClN3O3. The molecule has 2 heterocycles. The van der Waals surface area contributed by atoms with Crippen molar-refractivity contribution >= 4 is 24.2 Å². The first-order valence-corrected chi connectivity index (χ1v) is 8.01. The van der Waals surface area contributed by atoms with Crippen molar-refractivity contribution in [3.63, 3.8) is 0 Å². The molecule has 0 bridgehead atoms. The number of nitrogens with one attached hydrogen (secondary N) is 2. The van der Waals surface area contributed by atoms with Crippen LogP contribution in [-0.2, 0) is 4.79 Å². The van der Waals surface area contributed by atoms with Crippen molar-refractivity contribution in [3.05, 3.63) is 24.2 Å². The van der Waals surface area contributed by atoms with E-state index in [-0.39, 0.29) is 30.0 Å². The number of rotatable bonds is 7. The third kappa shape index (κ3) is 6.23. The van der Waals surface area contributed by atoms with Crippen LogP contribution in [0.3, 0.4) is 0 Å². The number of carbonyl (C=O) groups is 2. The molecule has 1 aliphatic heterocycles. The molecule has 2 rings (SSSR count). The van der Waals surface area contributed by atoms with E-state index in [0.29, 0.717) is 18.9 Å². The number of furan rings is 1. The first kappa shape index (κ1) is 19.5. The molecule has 23 heavy (non-hydrogen) atoms. The van der Waals surface area contributed by atoms with Gasteiger partial charge in [-0.1, -0.05) is 6.92 Å². The van der Waals surface area contributed by atoms with Gasteiger partial charge < -0.3 is 20.0 Å². The maximum Gasteiger partial charge on any atom is 0.286 e. The summed E-state index contributed by atoms with van der Waals surface area (Å²) in [4.78, 5) is 25.7. The van der Waals surface area contributed by atoms with Gasteiger partial charge in [-0.05, 0) is 44.0 Å². The maximum atomic E-state index is 12.1. The number of hydrogen-bond acceptors (Lipinski definition) is 4. The first-order valence-electron chi connectivity index (χ1n) is 8.01. The summed E-state index contributed by atoms with van der Waals surface area (Å²) < 4.78 is 5.00. The molecule has 7 heteroatoms. The molecule has 1 aliphatic rings. The lowest BCUT2D eigenvalue weighted by molar-refractivity contribution is -0.132. The van der Waals surface area contributed by atoms with E-state index in [9.17, 15) is 9.59 Å². The van der Waals surface area contributed by atoms with Crippen LogP contribution in [0.1, 0.15) is 36.7 Å². The quantitative estimate of drug-likeness (QED) is 0.789. The molecule has 2 amide bonds. The van der Waals surface area contributed by atoms with Gasteiger partial charge in [-0.3, -0.25) is 9.59 Å². The van der Waals surface area contributed by atoms with Gasteiger partial charge in [0.1, 0.15) is 0 Å². The van der Waals surface area contributed by atoms with Gasteiger partial charge in [-0.2, -0.15) is 0 Å².